The van der Waals surface area contributed by atoms with Crippen molar-refractivity contribution in [2.45, 2.75) is 76.2 Å². The lowest BCUT2D eigenvalue weighted by molar-refractivity contribution is -0.242. The summed E-state index contributed by atoms with van der Waals surface area (Å²) in [6.45, 7) is 6.51. The predicted molar refractivity (Wildman–Crippen MR) is 113 cm³/mol. The van der Waals surface area contributed by atoms with E-state index in [0.717, 1.165) is 5.57 Å². The first-order valence-corrected chi connectivity index (χ1v) is 11.4. The molecular weight excluding hydrogens is 423 g/mol. The Labute approximate surface area is 186 Å². The van der Waals surface area contributed by atoms with Crippen molar-refractivity contribution in [1.29, 1.82) is 0 Å². The van der Waals surface area contributed by atoms with Gasteiger partial charge in [-0.1, -0.05) is 30.7 Å². The number of alkyl halides is 1. The molecule has 0 amide bonds. The van der Waals surface area contributed by atoms with Gasteiger partial charge in [0.05, 0.1) is 12.2 Å². The van der Waals surface area contributed by atoms with E-state index in [1.807, 2.05) is 19.9 Å². The van der Waals surface area contributed by atoms with Gasteiger partial charge in [0.25, 0.3) is 0 Å². The molecule has 0 spiro atoms. The maximum atomic E-state index is 17.2. The quantitative estimate of drug-likeness (QED) is 0.669. The third-order valence-electron chi connectivity index (χ3n) is 8.96. The van der Waals surface area contributed by atoms with Crippen molar-refractivity contribution in [3.8, 4) is 0 Å². The molecule has 0 aromatic rings. The number of fused-ring (bicyclic) bond motifs is 7. The monoisotopic (exact) mass is 452 g/mol. The fourth-order valence-electron chi connectivity index (χ4n) is 7.67. The highest BCUT2D eigenvalue weighted by Crippen LogP contribution is 2.71. The first kappa shape index (κ1) is 21.8. The minimum Gasteiger partial charge on any atom is -0.390 e. The second kappa shape index (κ2) is 6.29. The van der Waals surface area contributed by atoms with Crippen LogP contribution < -0.4 is 0 Å². The molecule has 31 heavy (non-hydrogen) atoms. The first-order chi connectivity index (χ1) is 14.4. The Kier molecular flexibility index (Phi) is 4.42. The van der Waals surface area contributed by atoms with Crippen molar-refractivity contribution in [2.24, 2.45) is 22.7 Å². The molecule has 8 atom stereocenters. The largest absolute Gasteiger partial charge is 0.390 e. The number of carbonyl (C=O) groups is 1. The molecule has 4 aliphatic carbocycles. The summed E-state index contributed by atoms with van der Waals surface area (Å²) in [6, 6.07) is 0. The second-order valence-corrected chi connectivity index (χ2v) is 11.2. The van der Waals surface area contributed by atoms with Crippen LogP contribution in [0.5, 0.6) is 0 Å². The Morgan fingerprint density at radius 2 is 2.00 bits per heavy atom. The van der Waals surface area contributed by atoms with Crippen molar-refractivity contribution in [3.63, 3.8) is 0 Å². The normalized spacial score (nSPS) is 51.9. The van der Waals surface area contributed by atoms with Gasteiger partial charge in [-0.15, -0.1) is 0 Å². The molecule has 5 aliphatic rings. The van der Waals surface area contributed by atoms with E-state index < -0.39 is 58.4 Å². The third kappa shape index (κ3) is 2.38. The van der Waals surface area contributed by atoms with E-state index >= 15 is 4.39 Å². The van der Waals surface area contributed by atoms with E-state index in [0.29, 0.717) is 17.9 Å². The first-order valence-electron chi connectivity index (χ1n) is 11.0. The highest BCUT2D eigenvalue weighted by Gasteiger charge is 2.79. The average Bonchev–Trinajstić information content (AvgIpc) is 3.09. The van der Waals surface area contributed by atoms with Crippen LogP contribution in [0, 0.1) is 22.7 Å². The highest BCUT2D eigenvalue weighted by molar-refractivity contribution is 6.31. The number of halogens is 2. The molecule has 0 aromatic carbocycles. The molecule has 1 aliphatic heterocycles. The number of hydrogen-bond donors (Lipinski definition) is 2. The molecular formula is C24H30ClFO5. The summed E-state index contributed by atoms with van der Waals surface area (Å²) in [4.78, 5) is 13.2. The molecule has 1 heterocycles. The van der Waals surface area contributed by atoms with Gasteiger partial charge in [0.2, 0.25) is 0 Å². The summed E-state index contributed by atoms with van der Waals surface area (Å²) in [5.41, 5.74) is -4.46. The summed E-state index contributed by atoms with van der Waals surface area (Å²) >= 11 is 6.18. The van der Waals surface area contributed by atoms with Crippen molar-refractivity contribution in [1.82, 2.24) is 0 Å². The molecule has 1 saturated heterocycles. The molecule has 2 N–H and O–H groups in total. The zero-order chi connectivity index (χ0) is 22.6. The van der Waals surface area contributed by atoms with Crippen LogP contribution in [0.15, 0.2) is 34.9 Å². The molecule has 7 heteroatoms. The van der Waals surface area contributed by atoms with Gasteiger partial charge in [-0.05, 0) is 63.7 Å². The molecule has 170 valence electrons. The van der Waals surface area contributed by atoms with Gasteiger partial charge in [-0.3, -0.25) is 4.79 Å². The summed E-state index contributed by atoms with van der Waals surface area (Å²) in [5, 5.41) is 21.8. The van der Waals surface area contributed by atoms with Crippen molar-refractivity contribution in [3.05, 3.63) is 34.9 Å². The van der Waals surface area contributed by atoms with Crippen LogP contribution in [0.1, 0.15) is 47.0 Å². The minimum absolute atomic E-state index is 0.0422. The Balaban J connectivity index is 1.65. The lowest BCUT2D eigenvalue weighted by Crippen LogP contribution is -2.69. The molecule has 5 nitrogen and oxygen atoms in total. The topological polar surface area (TPSA) is 76.0 Å². The SMILES string of the molecule is CC1(C)O[C@@H]2C[C@H]3[C@@H]4CC=C5C=C(Cl)C=C[C@]5(C)C4(F)[C@@H](O)C[C@]3(C)[C@]2(C(=O)CO)O1. The van der Waals surface area contributed by atoms with E-state index in [4.69, 9.17) is 21.1 Å². The molecule has 1 unspecified atom stereocenters. The number of Topliss-reactive ketones (excluding diaryl/α,β-unsaturated/α-hetero) is 1. The Bertz CT molecular complexity index is 942. The van der Waals surface area contributed by atoms with Gasteiger partial charge in [-0.2, -0.15) is 0 Å². The highest BCUT2D eigenvalue weighted by atomic mass is 35.5. The van der Waals surface area contributed by atoms with Gasteiger partial charge in [0.15, 0.2) is 22.8 Å². The number of allylic oxidation sites excluding steroid dienone is 6. The van der Waals surface area contributed by atoms with E-state index in [1.165, 1.54) is 0 Å². The van der Waals surface area contributed by atoms with Crippen molar-refractivity contribution < 1.29 is 28.9 Å². The molecule has 0 radical (unpaired) electrons. The standard InChI is InChI=1S/C24H30ClFO5/c1-20(2)30-19-10-16-15-6-5-13-9-14(25)7-8-21(13,3)23(15,26)17(28)11-22(16,4)24(19,31-20)18(29)12-27/h5,7-9,15-17,19,27-28H,6,10-12H2,1-4H3/t15-,16-,17-,19+,21-,22-,23?,24+/m0/s1. The van der Waals surface area contributed by atoms with Crippen LogP contribution in [0.3, 0.4) is 0 Å². The lowest BCUT2D eigenvalue weighted by Gasteiger charge is -2.61. The third-order valence-corrected chi connectivity index (χ3v) is 9.20. The van der Waals surface area contributed by atoms with Crippen molar-refractivity contribution >= 4 is 17.4 Å². The number of aliphatic hydroxyl groups is 2. The summed E-state index contributed by atoms with van der Waals surface area (Å²) in [7, 11) is 0. The Hall–Kier alpha value is -1.05. The van der Waals surface area contributed by atoms with Crippen LogP contribution in [0.25, 0.3) is 0 Å². The smallest absolute Gasteiger partial charge is 0.193 e. The van der Waals surface area contributed by atoms with Crippen LogP contribution in [0.2, 0.25) is 0 Å². The minimum atomic E-state index is -1.93. The predicted octanol–water partition coefficient (Wildman–Crippen LogP) is 3.58. The van der Waals surface area contributed by atoms with Gasteiger partial charge in [-0.25, -0.2) is 4.39 Å². The Morgan fingerprint density at radius 3 is 2.68 bits per heavy atom. The van der Waals surface area contributed by atoms with Gasteiger partial charge < -0.3 is 19.7 Å². The fraction of sp³-hybridized carbons (Fsp3) is 0.708. The second-order valence-electron chi connectivity index (χ2n) is 10.7. The molecule has 2 saturated carbocycles. The number of aliphatic hydroxyl groups excluding tert-OH is 2. The maximum absolute atomic E-state index is 17.2. The number of ether oxygens (including phenoxy) is 2. The number of rotatable bonds is 2. The molecule has 5 rings (SSSR count). The van der Waals surface area contributed by atoms with Crippen LogP contribution in [0.4, 0.5) is 4.39 Å². The average molecular weight is 453 g/mol. The number of hydrogen-bond acceptors (Lipinski definition) is 5. The van der Waals surface area contributed by atoms with E-state index in [-0.39, 0.29) is 12.3 Å². The zero-order valence-corrected chi connectivity index (χ0v) is 19.1. The van der Waals surface area contributed by atoms with Crippen molar-refractivity contribution in [2.75, 3.05) is 6.61 Å². The summed E-state index contributed by atoms with van der Waals surface area (Å²) < 4.78 is 29.6. The van der Waals surface area contributed by atoms with Gasteiger partial charge >= 0.3 is 0 Å². The Morgan fingerprint density at radius 1 is 1.29 bits per heavy atom. The zero-order valence-electron chi connectivity index (χ0n) is 18.3. The van der Waals surface area contributed by atoms with Crippen LogP contribution in [-0.2, 0) is 14.3 Å². The summed E-state index contributed by atoms with van der Waals surface area (Å²) in [5.74, 6) is -2.26. The van der Waals surface area contributed by atoms with Crippen LogP contribution >= 0.6 is 11.6 Å². The van der Waals surface area contributed by atoms with E-state index in [1.54, 1.807) is 32.1 Å². The van der Waals surface area contributed by atoms with E-state index in [9.17, 15) is 15.0 Å². The maximum Gasteiger partial charge on any atom is 0.193 e. The van der Waals surface area contributed by atoms with Gasteiger partial charge in [0, 0.05) is 21.8 Å². The molecule has 0 aromatic heterocycles. The van der Waals surface area contributed by atoms with E-state index in [2.05, 4.69) is 0 Å². The van der Waals surface area contributed by atoms with Gasteiger partial charge in [0.1, 0.15) is 6.61 Å². The lowest BCUT2D eigenvalue weighted by atomic mass is 9.45. The molecule has 0 bridgehead atoms. The summed E-state index contributed by atoms with van der Waals surface area (Å²) in [6.07, 6.45) is 6.22. The molecule has 3 fully saturated rings. The van der Waals surface area contributed by atoms with Crippen LogP contribution in [-0.4, -0.2) is 51.9 Å². The number of ketones is 1. The number of carbonyl (C=O) groups excluding carboxylic acids is 1. The fourth-order valence-corrected chi connectivity index (χ4v) is 7.85.